The lowest BCUT2D eigenvalue weighted by Crippen LogP contribution is -2.49. The predicted octanol–water partition coefficient (Wildman–Crippen LogP) is -0.730. The second-order valence-electron chi connectivity index (χ2n) is 3.52. The number of hydrogen-bond donors (Lipinski definition) is 0. The number of hydrogen-bond acceptors (Lipinski definition) is 4. The zero-order valence-electron chi connectivity index (χ0n) is 8.34. The topological polar surface area (TPSA) is 31.2 Å². The van der Waals surface area contributed by atoms with Crippen molar-refractivity contribution >= 4 is 22.2 Å². The highest BCUT2D eigenvalue weighted by Crippen LogP contribution is 2.08. The molecule has 0 spiro atoms. The van der Waals surface area contributed by atoms with Gasteiger partial charge in [0.1, 0.15) is 0 Å². The number of aliphatic imine (C=N–C) groups is 2. The fourth-order valence-electron chi connectivity index (χ4n) is 1.85. The summed E-state index contributed by atoms with van der Waals surface area (Å²) in [4.78, 5) is 13.2. The predicted molar refractivity (Wildman–Crippen MR) is 62.7 cm³/mol. The van der Waals surface area contributed by atoms with E-state index in [9.17, 15) is 0 Å². The minimum atomic E-state index is -0.290. The first-order valence-electron chi connectivity index (χ1n) is 5.04. The third-order valence-electron chi connectivity index (χ3n) is 2.58. The maximum atomic E-state index is 4.26. The van der Waals surface area contributed by atoms with Crippen LogP contribution in [0.25, 0.3) is 0 Å². The lowest BCUT2D eigenvalue weighted by Gasteiger charge is -2.33. The van der Waals surface area contributed by atoms with Gasteiger partial charge in [0, 0.05) is 13.1 Å². The van der Waals surface area contributed by atoms with Crippen LogP contribution in [0.15, 0.2) is 22.3 Å². The van der Waals surface area contributed by atoms with E-state index in [1.165, 1.54) is 0 Å². The summed E-state index contributed by atoms with van der Waals surface area (Å²) in [5.41, 5.74) is 2.10. The molecule has 0 aliphatic carbocycles. The summed E-state index contributed by atoms with van der Waals surface area (Å²) in [6, 6.07) is 0. The van der Waals surface area contributed by atoms with E-state index in [-0.39, 0.29) is 9.52 Å². The standard InChI is InChI=1S/C9H16N4Si/c1-2-14-9(12-5-3-10-7-12)13-6-4-11-8-13/h2,7-9H,1,3-6,14H2. The van der Waals surface area contributed by atoms with Crippen LogP contribution in [-0.4, -0.2) is 64.0 Å². The van der Waals surface area contributed by atoms with Crippen LogP contribution < -0.4 is 0 Å². The molecule has 4 nitrogen and oxygen atoms in total. The summed E-state index contributed by atoms with van der Waals surface area (Å²) < 4.78 is 0. The Morgan fingerprint density at radius 2 is 1.79 bits per heavy atom. The van der Waals surface area contributed by atoms with Gasteiger partial charge >= 0.3 is 0 Å². The quantitative estimate of drug-likeness (QED) is 0.570. The molecule has 5 heteroatoms. The molecule has 0 saturated carbocycles. The maximum absolute atomic E-state index is 4.26. The van der Waals surface area contributed by atoms with Gasteiger partial charge in [-0.1, -0.05) is 0 Å². The Morgan fingerprint density at radius 1 is 1.21 bits per heavy atom. The van der Waals surface area contributed by atoms with Crippen LogP contribution in [0.4, 0.5) is 0 Å². The van der Waals surface area contributed by atoms with E-state index in [0.717, 1.165) is 26.2 Å². The summed E-state index contributed by atoms with van der Waals surface area (Å²) in [6.45, 7) is 7.84. The van der Waals surface area contributed by atoms with Crippen LogP contribution in [0, 0.1) is 0 Å². The molecule has 0 amide bonds. The molecule has 2 aliphatic heterocycles. The summed E-state index contributed by atoms with van der Waals surface area (Å²) in [7, 11) is -0.290. The molecule has 2 rings (SSSR count). The molecule has 0 fully saturated rings. The molecule has 0 aromatic carbocycles. The van der Waals surface area contributed by atoms with Crippen molar-refractivity contribution in [1.82, 2.24) is 9.80 Å². The first-order chi connectivity index (χ1) is 6.92. The molecule has 0 bridgehead atoms. The molecule has 2 aliphatic rings. The van der Waals surface area contributed by atoms with Gasteiger partial charge in [-0.15, -0.1) is 12.3 Å². The summed E-state index contributed by atoms with van der Waals surface area (Å²) in [6.07, 6.45) is 3.96. The molecule has 0 saturated heterocycles. The zero-order valence-corrected chi connectivity index (χ0v) is 9.76. The second kappa shape index (κ2) is 4.41. The third kappa shape index (κ3) is 1.87. The Balaban J connectivity index is 2.01. The van der Waals surface area contributed by atoms with E-state index in [4.69, 9.17) is 0 Å². The van der Waals surface area contributed by atoms with Gasteiger partial charge in [0.25, 0.3) is 0 Å². The van der Waals surface area contributed by atoms with Crippen molar-refractivity contribution in [2.75, 3.05) is 26.2 Å². The fourth-order valence-corrected chi connectivity index (χ4v) is 3.24. The van der Waals surface area contributed by atoms with E-state index in [1.807, 2.05) is 12.7 Å². The number of rotatable bonds is 4. The van der Waals surface area contributed by atoms with Gasteiger partial charge in [0.2, 0.25) is 0 Å². The van der Waals surface area contributed by atoms with Crippen LogP contribution in [0.2, 0.25) is 0 Å². The van der Waals surface area contributed by atoms with Crippen molar-refractivity contribution in [1.29, 1.82) is 0 Å². The summed E-state index contributed by atoms with van der Waals surface area (Å²) in [5, 5.41) is 0. The summed E-state index contributed by atoms with van der Waals surface area (Å²) >= 11 is 0. The molecule has 0 unspecified atom stereocenters. The average Bonchev–Trinajstić information content (AvgIpc) is 2.87. The van der Waals surface area contributed by atoms with E-state index in [0.29, 0.717) is 5.79 Å². The Morgan fingerprint density at radius 3 is 2.14 bits per heavy atom. The van der Waals surface area contributed by atoms with Gasteiger partial charge in [-0.2, -0.15) is 0 Å². The number of nitrogens with zero attached hydrogens (tertiary/aromatic N) is 4. The van der Waals surface area contributed by atoms with Gasteiger partial charge in [-0.25, -0.2) is 0 Å². The van der Waals surface area contributed by atoms with Gasteiger partial charge in [0.15, 0.2) is 0 Å². The highest BCUT2D eigenvalue weighted by atomic mass is 28.2. The molecular formula is C9H16N4Si. The normalized spacial score (nSPS) is 20.9. The van der Waals surface area contributed by atoms with E-state index in [1.54, 1.807) is 0 Å². The van der Waals surface area contributed by atoms with Crippen molar-refractivity contribution in [2.24, 2.45) is 9.98 Å². The van der Waals surface area contributed by atoms with E-state index >= 15 is 0 Å². The van der Waals surface area contributed by atoms with Crippen molar-refractivity contribution in [3.8, 4) is 0 Å². The van der Waals surface area contributed by atoms with Crippen LogP contribution in [-0.2, 0) is 0 Å². The van der Waals surface area contributed by atoms with Gasteiger partial charge in [0.05, 0.1) is 41.1 Å². The van der Waals surface area contributed by atoms with E-state index < -0.39 is 0 Å². The minimum Gasteiger partial charge on any atom is -0.344 e. The van der Waals surface area contributed by atoms with Gasteiger partial charge in [-0.3, -0.25) is 9.98 Å². The average molecular weight is 208 g/mol. The third-order valence-corrected chi connectivity index (χ3v) is 4.27. The molecule has 0 N–H and O–H groups in total. The van der Waals surface area contributed by atoms with Crippen LogP contribution >= 0.6 is 0 Å². The lowest BCUT2D eigenvalue weighted by molar-refractivity contribution is 0.267. The smallest absolute Gasteiger partial charge is 0.0963 e. The second-order valence-corrected chi connectivity index (χ2v) is 5.30. The summed E-state index contributed by atoms with van der Waals surface area (Å²) in [5.74, 6) is 0.505. The van der Waals surface area contributed by atoms with E-state index in [2.05, 4.69) is 32.1 Å². The zero-order chi connectivity index (χ0) is 9.80. The molecule has 0 radical (unpaired) electrons. The largest absolute Gasteiger partial charge is 0.344 e. The minimum absolute atomic E-state index is 0.290. The van der Waals surface area contributed by atoms with Crippen LogP contribution in [0.5, 0.6) is 0 Å². The van der Waals surface area contributed by atoms with Crippen molar-refractivity contribution in [2.45, 2.75) is 5.79 Å². The van der Waals surface area contributed by atoms with Crippen LogP contribution in [0.3, 0.4) is 0 Å². The highest BCUT2D eigenvalue weighted by Gasteiger charge is 2.23. The fraction of sp³-hybridized carbons (Fsp3) is 0.556. The first-order valence-corrected chi connectivity index (χ1v) is 6.67. The highest BCUT2D eigenvalue weighted by molar-refractivity contribution is 6.44. The lowest BCUT2D eigenvalue weighted by atomic mass is 10.5. The van der Waals surface area contributed by atoms with Crippen molar-refractivity contribution < 1.29 is 0 Å². The van der Waals surface area contributed by atoms with Crippen molar-refractivity contribution in [3.05, 3.63) is 12.3 Å². The molecular weight excluding hydrogens is 192 g/mol. The Kier molecular flexibility index (Phi) is 2.98. The Hall–Kier alpha value is -1.10. The molecule has 2 heterocycles. The molecule has 0 atom stereocenters. The van der Waals surface area contributed by atoms with Gasteiger partial charge in [-0.05, 0) is 0 Å². The molecule has 0 aromatic rings. The molecule has 76 valence electrons. The molecule has 0 aromatic heterocycles. The van der Waals surface area contributed by atoms with Gasteiger partial charge < -0.3 is 9.80 Å². The molecule has 14 heavy (non-hydrogen) atoms. The van der Waals surface area contributed by atoms with Crippen LogP contribution in [0.1, 0.15) is 0 Å². The maximum Gasteiger partial charge on any atom is 0.0963 e. The Labute approximate surface area is 86.8 Å². The SMILES string of the molecule is C=C[SiH2]C(N1C=NCC1)N1C=NCC1. The Bertz CT molecular complexity index is 242. The monoisotopic (exact) mass is 208 g/mol. The van der Waals surface area contributed by atoms with Crippen molar-refractivity contribution in [3.63, 3.8) is 0 Å². The first kappa shape index (κ1) is 9.45.